The highest BCUT2D eigenvalue weighted by atomic mass is 16.1. The van der Waals surface area contributed by atoms with Crippen LogP contribution in [0.15, 0.2) is 54.6 Å². The van der Waals surface area contributed by atoms with Gasteiger partial charge in [0.05, 0.1) is 0 Å². The molecule has 0 atom stereocenters. The molecule has 0 aliphatic heterocycles. The van der Waals surface area contributed by atoms with Crippen LogP contribution in [0.25, 0.3) is 22.2 Å². The Hall–Kier alpha value is -2.35. The van der Waals surface area contributed by atoms with E-state index in [1.807, 2.05) is 36.4 Å². The van der Waals surface area contributed by atoms with Crippen molar-refractivity contribution in [3.8, 4) is 11.3 Å². The number of hydrogen-bond acceptors (Lipinski definition) is 1. The van der Waals surface area contributed by atoms with Crippen molar-refractivity contribution in [1.82, 2.24) is 4.98 Å². The molecule has 3 rings (SSSR count). The topological polar surface area (TPSA) is 32.9 Å². The van der Waals surface area contributed by atoms with Crippen molar-refractivity contribution in [1.29, 1.82) is 0 Å². The smallest absolute Gasteiger partial charge is 0.159 e. The third-order valence-corrected chi connectivity index (χ3v) is 3.13. The quantitative estimate of drug-likeness (QED) is 0.668. The zero-order valence-corrected chi connectivity index (χ0v) is 10.1. The molecule has 0 saturated carbocycles. The van der Waals surface area contributed by atoms with Gasteiger partial charge in [0, 0.05) is 22.2 Å². The van der Waals surface area contributed by atoms with Crippen LogP contribution >= 0.6 is 0 Å². The summed E-state index contributed by atoms with van der Waals surface area (Å²) in [5, 5.41) is 1.20. The fraction of sp³-hybridized carbons (Fsp3) is 0.0625. The van der Waals surface area contributed by atoms with E-state index in [1.54, 1.807) is 6.92 Å². The molecule has 88 valence electrons. The first-order valence-corrected chi connectivity index (χ1v) is 5.93. The fourth-order valence-corrected chi connectivity index (χ4v) is 2.11. The summed E-state index contributed by atoms with van der Waals surface area (Å²) in [7, 11) is 0. The third kappa shape index (κ3) is 1.82. The zero-order valence-electron chi connectivity index (χ0n) is 10.1. The van der Waals surface area contributed by atoms with E-state index < -0.39 is 0 Å². The summed E-state index contributed by atoms with van der Waals surface area (Å²) < 4.78 is 0. The Labute approximate surface area is 105 Å². The summed E-state index contributed by atoms with van der Waals surface area (Å²) in [6, 6.07) is 18.0. The highest BCUT2D eigenvalue weighted by Gasteiger charge is 2.04. The number of aromatic nitrogens is 1. The van der Waals surface area contributed by atoms with E-state index in [9.17, 15) is 4.79 Å². The molecule has 0 bridgehead atoms. The lowest BCUT2D eigenvalue weighted by Crippen LogP contribution is -1.90. The number of aromatic amines is 1. The van der Waals surface area contributed by atoms with Crippen molar-refractivity contribution in [3.05, 3.63) is 60.2 Å². The largest absolute Gasteiger partial charge is 0.355 e. The molecule has 2 nitrogen and oxygen atoms in total. The number of H-pyrrole nitrogens is 1. The first-order chi connectivity index (χ1) is 8.74. The summed E-state index contributed by atoms with van der Waals surface area (Å²) in [6.07, 6.45) is 0. The number of carbonyl (C=O) groups excluding carboxylic acids is 1. The minimum Gasteiger partial charge on any atom is -0.355 e. The normalized spacial score (nSPS) is 10.7. The van der Waals surface area contributed by atoms with Crippen molar-refractivity contribution in [2.24, 2.45) is 0 Å². The number of benzene rings is 2. The van der Waals surface area contributed by atoms with Crippen molar-refractivity contribution in [3.63, 3.8) is 0 Å². The predicted octanol–water partition coefficient (Wildman–Crippen LogP) is 4.04. The van der Waals surface area contributed by atoms with Gasteiger partial charge in [-0.2, -0.15) is 0 Å². The molecular weight excluding hydrogens is 222 g/mol. The van der Waals surface area contributed by atoms with Gasteiger partial charge in [-0.1, -0.05) is 42.5 Å². The van der Waals surface area contributed by atoms with Crippen molar-refractivity contribution >= 4 is 16.7 Å². The van der Waals surface area contributed by atoms with Gasteiger partial charge in [0.25, 0.3) is 0 Å². The van der Waals surface area contributed by atoms with Crippen LogP contribution in [0.3, 0.4) is 0 Å². The number of fused-ring (bicyclic) bond motifs is 1. The van der Waals surface area contributed by atoms with Crippen LogP contribution in [0.4, 0.5) is 0 Å². The summed E-state index contributed by atoms with van der Waals surface area (Å²) in [4.78, 5) is 14.6. The van der Waals surface area contributed by atoms with E-state index in [-0.39, 0.29) is 5.78 Å². The monoisotopic (exact) mass is 235 g/mol. The second-order valence-electron chi connectivity index (χ2n) is 4.40. The first-order valence-electron chi connectivity index (χ1n) is 5.93. The number of nitrogens with one attached hydrogen (secondary N) is 1. The van der Waals surface area contributed by atoms with Gasteiger partial charge < -0.3 is 4.98 Å². The highest BCUT2D eigenvalue weighted by molar-refractivity contribution is 5.94. The summed E-state index contributed by atoms with van der Waals surface area (Å²) in [5.74, 6) is 0.0956. The number of para-hydroxylation sites is 1. The lowest BCUT2D eigenvalue weighted by atomic mass is 10.1. The van der Waals surface area contributed by atoms with Crippen LogP contribution in [0.5, 0.6) is 0 Å². The number of carbonyl (C=O) groups is 1. The molecule has 1 N–H and O–H groups in total. The van der Waals surface area contributed by atoms with Crippen LogP contribution < -0.4 is 0 Å². The Balaban J connectivity index is 2.06. The van der Waals surface area contributed by atoms with Gasteiger partial charge in [0.2, 0.25) is 0 Å². The van der Waals surface area contributed by atoms with Crippen molar-refractivity contribution in [2.75, 3.05) is 0 Å². The van der Waals surface area contributed by atoms with Crippen LogP contribution in [0.2, 0.25) is 0 Å². The maximum absolute atomic E-state index is 11.2. The van der Waals surface area contributed by atoms with Gasteiger partial charge in [0.1, 0.15) is 0 Å². The van der Waals surface area contributed by atoms with Gasteiger partial charge >= 0.3 is 0 Å². The first kappa shape index (κ1) is 10.8. The molecular formula is C16H13NO. The SMILES string of the molecule is CC(=O)c1ccc(-c2cc3ccccc3[nH]2)cc1. The standard InChI is InChI=1S/C16H13NO/c1-11(18)12-6-8-13(9-7-12)16-10-14-4-2-3-5-15(14)17-16/h2-10,17H,1H3. The van der Waals surface area contributed by atoms with E-state index in [0.29, 0.717) is 0 Å². The van der Waals surface area contributed by atoms with Gasteiger partial charge in [-0.05, 0) is 24.6 Å². The lowest BCUT2D eigenvalue weighted by Gasteiger charge is -1.99. The molecule has 0 aliphatic rings. The second kappa shape index (κ2) is 4.15. The molecule has 1 aromatic heterocycles. The van der Waals surface area contributed by atoms with Gasteiger partial charge in [-0.15, -0.1) is 0 Å². The maximum atomic E-state index is 11.2. The van der Waals surface area contributed by atoms with Crippen molar-refractivity contribution in [2.45, 2.75) is 6.92 Å². The highest BCUT2D eigenvalue weighted by Crippen LogP contribution is 2.24. The summed E-state index contributed by atoms with van der Waals surface area (Å²) in [6.45, 7) is 1.58. The Morgan fingerprint density at radius 2 is 1.72 bits per heavy atom. The molecule has 0 aliphatic carbocycles. The van der Waals surface area contributed by atoms with Gasteiger partial charge in [0.15, 0.2) is 5.78 Å². The van der Waals surface area contributed by atoms with Gasteiger partial charge in [-0.25, -0.2) is 0 Å². The van der Waals surface area contributed by atoms with E-state index in [0.717, 1.165) is 22.3 Å². The average molecular weight is 235 g/mol. The Morgan fingerprint density at radius 1 is 1.00 bits per heavy atom. The number of hydrogen-bond donors (Lipinski definition) is 1. The third-order valence-electron chi connectivity index (χ3n) is 3.13. The molecule has 3 aromatic rings. The Kier molecular flexibility index (Phi) is 2.49. The molecule has 0 fully saturated rings. The molecule has 2 heteroatoms. The average Bonchev–Trinajstić information content (AvgIpc) is 2.82. The molecule has 0 saturated heterocycles. The molecule has 1 heterocycles. The van der Waals surface area contributed by atoms with Gasteiger partial charge in [-0.3, -0.25) is 4.79 Å². The van der Waals surface area contributed by atoms with Crippen LogP contribution in [-0.4, -0.2) is 10.8 Å². The van der Waals surface area contributed by atoms with E-state index in [1.165, 1.54) is 5.39 Å². The molecule has 18 heavy (non-hydrogen) atoms. The maximum Gasteiger partial charge on any atom is 0.159 e. The molecule has 0 radical (unpaired) electrons. The Bertz CT molecular complexity index is 674. The Morgan fingerprint density at radius 3 is 2.39 bits per heavy atom. The molecule has 2 aromatic carbocycles. The van der Waals surface area contributed by atoms with Crippen molar-refractivity contribution < 1.29 is 4.79 Å². The summed E-state index contributed by atoms with van der Waals surface area (Å²) >= 11 is 0. The van der Waals surface area contributed by atoms with Crippen LogP contribution in [0.1, 0.15) is 17.3 Å². The molecule has 0 amide bonds. The minimum absolute atomic E-state index is 0.0956. The van der Waals surface area contributed by atoms with Crippen LogP contribution in [-0.2, 0) is 0 Å². The number of ketones is 1. The molecule has 0 spiro atoms. The predicted molar refractivity (Wildman–Crippen MR) is 73.7 cm³/mol. The van der Waals surface area contributed by atoms with Crippen LogP contribution in [0, 0.1) is 0 Å². The minimum atomic E-state index is 0.0956. The number of Topliss-reactive ketones (excluding diaryl/α,β-unsaturated/α-hetero) is 1. The van der Waals surface area contributed by atoms with E-state index in [2.05, 4.69) is 23.2 Å². The lowest BCUT2D eigenvalue weighted by molar-refractivity contribution is 0.101. The second-order valence-corrected chi connectivity index (χ2v) is 4.40. The van der Waals surface area contributed by atoms with E-state index >= 15 is 0 Å². The molecule has 0 unspecified atom stereocenters. The zero-order chi connectivity index (χ0) is 12.5. The number of rotatable bonds is 2. The van der Waals surface area contributed by atoms with E-state index in [4.69, 9.17) is 0 Å². The summed E-state index contributed by atoms with van der Waals surface area (Å²) in [5.41, 5.74) is 4.04. The fourth-order valence-electron chi connectivity index (χ4n) is 2.11.